The van der Waals surface area contributed by atoms with Crippen molar-refractivity contribution in [3.8, 4) is 0 Å². The zero-order valence-corrected chi connectivity index (χ0v) is 8.43. The third-order valence-corrected chi connectivity index (χ3v) is 2.27. The fourth-order valence-electron chi connectivity index (χ4n) is 1.42. The van der Waals surface area contributed by atoms with Crippen molar-refractivity contribution in [2.75, 3.05) is 13.1 Å². The molecule has 5 heteroatoms. The average Bonchev–Trinajstić information content (AvgIpc) is 2.28. The van der Waals surface area contributed by atoms with Crippen molar-refractivity contribution in [2.45, 2.75) is 25.4 Å². The molecule has 74 valence electrons. The van der Waals surface area contributed by atoms with Crippen LogP contribution in [-0.2, 0) is 4.79 Å². The highest BCUT2D eigenvalue weighted by Gasteiger charge is 2.33. The van der Waals surface area contributed by atoms with Gasteiger partial charge in [-0.25, -0.2) is 0 Å². The number of hydrogen-bond donors (Lipinski definition) is 2. The van der Waals surface area contributed by atoms with Crippen molar-refractivity contribution in [2.24, 2.45) is 5.73 Å². The minimum Gasteiger partial charge on any atom is -0.393 e. The Hall–Kier alpha value is -0.680. The van der Waals surface area contributed by atoms with Crippen LogP contribution in [0.2, 0.25) is 0 Å². The minimum atomic E-state index is -0.744. The molecule has 1 unspecified atom stereocenters. The van der Waals surface area contributed by atoms with Crippen LogP contribution in [0.15, 0.2) is 0 Å². The van der Waals surface area contributed by atoms with Crippen LogP contribution < -0.4 is 5.73 Å². The second-order valence-corrected chi connectivity index (χ2v) is 4.23. The van der Waals surface area contributed by atoms with Gasteiger partial charge in [0.2, 0.25) is 5.91 Å². The van der Waals surface area contributed by atoms with Gasteiger partial charge in [0.25, 0.3) is 0 Å². The fourth-order valence-corrected chi connectivity index (χ4v) is 1.54. The lowest BCUT2D eigenvalue weighted by Gasteiger charge is -2.18. The van der Waals surface area contributed by atoms with Gasteiger partial charge in [0.15, 0.2) is 0 Å². The van der Waals surface area contributed by atoms with E-state index in [4.69, 9.17) is 5.73 Å². The van der Waals surface area contributed by atoms with E-state index in [-0.39, 0.29) is 17.3 Å². The average molecular weight is 202 g/mol. The number of carbonyl (C=O) groups is 1. The van der Waals surface area contributed by atoms with Gasteiger partial charge in [0, 0.05) is 13.1 Å². The van der Waals surface area contributed by atoms with Crippen LogP contribution in [0, 0.1) is 0 Å². The maximum Gasteiger partial charge on any atom is 0.229 e. The Balaban J connectivity index is 2.47. The second kappa shape index (κ2) is 3.59. The number of likely N-dealkylation sites (tertiary alicyclic amines) is 1. The number of hydrogen-bond acceptors (Lipinski definition) is 3. The van der Waals surface area contributed by atoms with E-state index in [1.54, 1.807) is 11.8 Å². The van der Waals surface area contributed by atoms with Gasteiger partial charge in [-0.3, -0.25) is 4.79 Å². The molecule has 1 heterocycles. The van der Waals surface area contributed by atoms with Crippen molar-refractivity contribution in [3.63, 3.8) is 0 Å². The number of β-amino-alcohol motifs (C(OH)–C–C–N with tert-alkyl or cyclic N) is 1. The summed E-state index contributed by atoms with van der Waals surface area (Å²) in [5.41, 5.74) is 4.51. The number of amides is 1. The summed E-state index contributed by atoms with van der Waals surface area (Å²) >= 11 is 4.63. The molecule has 1 aliphatic heterocycles. The van der Waals surface area contributed by atoms with Gasteiger partial charge in [-0.1, -0.05) is 12.2 Å². The molecule has 0 aromatic heterocycles. The Morgan fingerprint density at radius 1 is 1.77 bits per heavy atom. The molecule has 0 aromatic carbocycles. The molecular weight excluding hydrogens is 188 g/mol. The Labute approximate surface area is 82.7 Å². The maximum absolute atomic E-state index is 11.4. The van der Waals surface area contributed by atoms with Crippen LogP contribution in [0.3, 0.4) is 0 Å². The zero-order valence-electron chi connectivity index (χ0n) is 7.62. The number of rotatable bonds is 2. The van der Waals surface area contributed by atoms with E-state index in [2.05, 4.69) is 12.2 Å². The summed E-state index contributed by atoms with van der Waals surface area (Å²) in [5, 5.41) is 9.59. The Morgan fingerprint density at radius 3 is 2.77 bits per heavy atom. The topological polar surface area (TPSA) is 66.6 Å². The van der Waals surface area contributed by atoms with E-state index in [0.717, 1.165) is 0 Å². The lowest BCUT2D eigenvalue weighted by atomic mass is 10.1. The van der Waals surface area contributed by atoms with Crippen molar-refractivity contribution in [3.05, 3.63) is 0 Å². The van der Waals surface area contributed by atoms with Gasteiger partial charge in [-0.05, 0) is 13.3 Å². The van der Waals surface area contributed by atoms with Gasteiger partial charge in [0.1, 0.15) is 0 Å². The molecule has 1 saturated heterocycles. The summed E-state index contributed by atoms with van der Waals surface area (Å²) < 4.78 is 0. The monoisotopic (exact) mass is 202 g/mol. The van der Waals surface area contributed by atoms with Crippen molar-refractivity contribution < 1.29 is 9.90 Å². The van der Waals surface area contributed by atoms with Crippen LogP contribution in [0.25, 0.3) is 0 Å². The summed E-state index contributed by atoms with van der Waals surface area (Å²) in [7, 11) is 0. The summed E-state index contributed by atoms with van der Waals surface area (Å²) in [6.45, 7) is 2.70. The van der Waals surface area contributed by atoms with E-state index >= 15 is 0 Å². The number of aliphatic hydroxyl groups is 1. The van der Waals surface area contributed by atoms with Crippen molar-refractivity contribution in [1.82, 2.24) is 4.90 Å². The Bertz CT molecular complexity index is 240. The molecular formula is C8H14N2O2S. The predicted molar refractivity (Wildman–Crippen MR) is 53.2 cm³/mol. The van der Waals surface area contributed by atoms with Crippen LogP contribution in [0.1, 0.15) is 19.8 Å². The number of nitrogens with two attached hydrogens (primary N) is 1. The van der Waals surface area contributed by atoms with Gasteiger partial charge >= 0.3 is 0 Å². The molecule has 1 aliphatic rings. The molecule has 0 saturated carbocycles. The summed E-state index contributed by atoms with van der Waals surface area (Å²) in [6.07, 6.45) is 0.724. The molecule has 13 heavy (non-hydrogen) atoms. The first-order chi connectivity index (χ1) is 5.91. The standard InChI is InChI=1S/C8H14N2O2S/c1-8(12)2-3-10(5-8)7(11)4-6(9)13/h12H,2-5H2,1H3,(H2,9,13). The van der Waals surface area contributed by atoms with Gasteiger partial charge < -0.3 is 15.7 Å². The van der Waals surface area contributed by atoms with Crippen LogP contribution >= 0.6 is 12.2 Å². The number of thiocarbonyl (C=S) groups is 1. The molecule has 1 atom stereocenters. The lowest BCUT2D eigenvalue weighted by Crippen LogP contribution is -2.35. The first-order valence-electron chi connectivity index (χ1n) is 4.19. The third kappa shape index (κ3) is 2.93. The lowest BCUT2D eigenvalue weighted by molar-refractivity contribution is -0.129. The molecule has 1 rings (SSSR count). The molecule has 0 spiro atoms. The van der Waals surface area contributed by atoms with E-state index in [1.165, 1.54) is 0 Å². The first kappa shape index (κ1) is 10.4. The molecule has 0 radical (unpaired) electrons. The van der Waals surface area contributed by atoms with Crippen LogP contribution in [0.4, 0.5) is 0 Å². The van der Waals surface area contributed by atoms with Crippen molar-refractivity contribution in [1.29, 1.82) is 0 Å². The van der Waals surface area contributed by atoms with Gasteiger partial charge in [0.05, 0.1) is 17.0 Å². The second-order valence-electron chi connectivity index (χ2n) is 3.71. The van der Waals surface area contributed by atoms with Crippen molar-refractivity contribution >= 4 is 23.1 Å². The predicted octanol–water partition coefficient (Wildman–Crippen LogP) is -0.354. The van der Waals surface area contributed by atoms with Gasteiger partial charge in [-0.2, -0.15) is 0 Å². The molecule has 3 N–H and O–H groups in total. The molecule has 1 fully saturated rings. The minimum absolute atomic E-state index is 0.0923. The largest absolute Gasteiger partial charge is 0.393 e. The van der Waals surface area contributed by atoms with E-state index in [9.17, 15) is 9.90 Å². The van der Waals surface area contributed by atoms with Gasteiger partial charge in [-0.15, -0.1) is 0 Å². The molecule has 1 amide bonds. The Kier molecular flexibility index (Phi) is 2.87. The SMILES string of the molecule is CC1(O)CCN(C(=O)CC(N)=S)C1. The van der Waals surface area contributed by atoms with E-state index < -0.39 is 5.60 Å². The highest BCUT2D eigenvalue weighted by Crippen LogP contribution is 2.20. The quantitative estimate of drug-likeness (QED) is 0.600. The third-order valence-electron chi connectivity index (χ3n) is 2.13. The summed E-state index contributed by atoms with van der Waals surface area (Å²) in [5.74, 6) is -0.0923. The van der Waals surface area contributed by atoms with E-state index in [1.807, 2.05) is 0 Å². The smallest absolute Gasteiger partial charge is 0.229 e. The molecule has 0 bridgehead atoms. The number of nitrogens with zero attached hydrogens (tertiary/aromatic N) is 1. The first-order valence-corrected chi connectivity index (χ1v) is 4.60. The summed E-state index contributed by atoms with van der Waals surface area (Å²) in [4.78, 5) is 13.2. The maximum atomic E-state index is 11.4. The van der Waals surface area contributed by atoms with Crippen LogP contribution in [-0.4, -0.2) is 39.6 Å². The zero-order chi connectivity index (χ0) is 10.1. The summed E-state index contributed by atoms with van der Waals surface area (Å²) in [6, 6.07) is 0. The van der Waals surface area contributed by atoms with E-state index in [0.29, 0.717) is 19.5 Å². The molecule has 4 nitrogen and oxygen atoms in total. The normalized spacial score (nSPS) is 27.7. The molecule has 0 aliphatic carbocycles. The molecule has 0 aromatic rings. The highest BCUT2D eigenvalue weighted by molar-refractivity contribution is 7.80. The highest BCUT2D eigenvalue weighted by atomic mass is 32.1. The fraction of sp³-hybridized carbons (Fsp3) is 0.750. The number of carbonyl (C=O) groups excluding carboxylic acids is 1. The Morgan fingerprint density at radius 2 is 2.38 bits per heavy atom. The van der Waals surface area contributed by atoms with Crippen LogP contribution in [0.5, 0.6) is 0 Å².